The van der Waals surface area contributed by atoms with Gasteiger partial charge in [0.2, 0.25) is 0 Å². The summed E-state index contributed by atoms with van der Waals surface area (Å²) in [5.41, 5.74) is 7.08. The molecule has 4 N–H and O–H groups in total. The molecule has 0 unspecified atom stereocenters. The predicted molar refractivity (Wildman–Crippen MR) is 131 cm³/mol. The minimum atomic E-state index is -0.486. The molecule has 0 aliphatic heterocycles. The Morgan fingerprint density at radius 1 is 1.16 bits per heavy atom. The summed E-state index contributed by atoms with van der Waals surface area (Å²) in [6.45, 7) is -0.206. The van der Waals surface area contributed by atoms with E-state index in [0.29, 0.717) is 16.3 Å². The average Bonchev–Trinajstić information content (AvgIpc) is 3.11. The van der Waals surface area contributed by atoms with E-state index >= 15 is 0 Å². The molecule has 1 aliphatic rings. The molecule has 3 aromatic rings. The first kappa shape index (κ1) is 21.7. The highest BCUT2D eigenvalue weighted by atomic mass is 79.9. The van der Waals surface area contributed by atoms with Crippen molar-refractivity contribution < 1.29 is 14.3 Å². The third-order valence-electron chi connectivity index (χ3n) is 5.08. The number of primary amides is 1. The number of fused-ring (bicyclic) bond motifs is 2. The fourth-order valence-electron chi connectivity index (χ4n) is 3.68. The number of nitrogens with two attached hydrogens (primary N) is 1. The molecular weight excluding hydrogens is 498 g/mol. The van der Waals surface area contributed by atoms with Gasteiger partial charge >= 0.3 is 0 Å². The van der Waals surface area contributed by atoms with Crippen LogP contribution in [0.1, 0.15) is 33.6 Å². The first-order valence-electron chi connectivity index (χ1n) is 9.79. The number of rotatable bonds is 5. The van der Waals surface area contributed by atoms with Crippen molar-refractivity contribution in [2.75, 3.05) is 11.9 Å². The number of thiophene rings is 1. The number of benzene rings is 2. The number of aryl methyl sites for hydroxylation is 1. The number of hydrogen-bond acceptors (Lipinski definition) is 5. The van der Waals surface area contributed by atoms with Crippen molar-refractivity contribution in [2.45, 2.75) is 25.7 Å². The first-order valence-corrected chi connectivity index (χ1v) is 11.8. The molecule has 2 aromatic carbocycles. The van der Waals surface area contributed by atoms with Crippen molar-refractivity contribution in [3.8, 4) is 5.75 Å². The van der Waals surface area contributed by atoms with Crippen LogP contribution in [0.4, 0.5) is 5.00 Å². The van der Waals surface area contributed by atoms with Crippen molar-refractivity contribution in [3.05, 3.63) is 56.9 Å². The van der Waals surface area contributed by atoms with Gasteiger partial charge in [-0.1, -0.05) is 30.3 Å². The lowest BCUT2D eigenvalue weighted by Crippen LogP contribution is -2.37. The maximum Gasteiger partial charge on any atom is 0.264 e. The zero-order valence-electron chi connectivity index (χ0n) is 16.5. The van der Waals surface area contributed by atoms with Gasteiger partial charge in [0, 0.05) is 4.88 Å². The maximum atomic E-state index is 12.3. The van der Waals surface area contributed by atoms with Crippen molar-refractivity contribution in [1.82, 2.24) is 5.32 Å². The van der Waals surface area contributed by atoms with Crippen molar-refractivity contribution >= 4 is 72.2 Å². The number of amides is 2. The molecule has 160 valence electrons. The average molecular weight is 518 g/mol. The van der Waals surface area contributed by atoms with Crippen LogP contribution >= 0.6 is 39.5 Å². The Kier molecular flexibility index (Phi) is 6.54. The normalized spacial score (nSPS) is 12.8. The number of anilines is 1. The van der Waals surface area contributed by atoms with E-state index in [1.54, 1.807) is 0 Å². The summed E-state index contributed by atoms with van der Waals surface area (Å²) in [4.78, 5) is 25.5. The summed E-state index contributed by atoms with van der Waals surface area (Å²) in [5.74, 6) is -0.324. The predicted octanol–water partition coefficient (Wildman–Crippen LogP) is 4.53. The van der Waals surface area contributed by atoms with Gasteiger partial charge in [-0.3, -0.25) is 14.9 Å². The van der Waals surface area contributed by atoms with E-state index in [1.807, 2.05) is 36.4 Å². The Labute approximate surface area is 197 Å². The fourth-order valence-corrected chi connectivity index (χ4v) is 5.87. The van der Waals surface area contributed by atoms with Gasteiger partial charge in [0.05, 0.1) is 10.0 Å². The summed E-state index contributed by atoms with van der Waals surface area (Å²) in [5, 5.41) is 8.32. The molecule has 31 heavy (non-hydrogen) atoms. The minimum absolute atomic E-state index is 0.104. The monoisotopic (exact) mass is 517 g/mol. The summed E-state index contributed by atoms with van der Waals surface area (Å²) in [7, 11) is 0. The van der Waals surface area contributed by atoms with Gasteiger partial charge in [-0.05, 0) is 76.2 Å². The van der Waals surface area contributed by atoms with Crippen LogP contribution in [0.15, 0.2) is 40.9 Å². The van der Waals surface area contributed by atoms with Gasteiger partial charge in [0.15, 0.2) is 11.7 Å². The Morgan fingerprint density at radius 3 is 2.74 bits per heavy atom. The number of carbonyl (C=O) groups excluding carboxylic acids is 2. The molecule has 6 nitrogen and oxygen atoms in total. The topological polar surface area (TPSA) is 93.5 Å². The van der Waals surface area contributed by atoms with E-state index in [-0.39, 0.29) is 11.7 Å². The summed E-state index contributed by atoms with van der Waals surface area (Å²) >= 11 is 10.3. The number of thiocarbonyl (C=S) groups is 1. The molecule has 0 bridgehead atoms. The van der Waals surface area contributed by atoms with Gasteiger partial charge in [-0.25, -0.2) is 0 Å². The SMILES string of the molecule is NC(=O)c1c(NC(=S)NC(=O)COc2ccc3ccccc3c2Br)sc2c1CCCC2. The lowest BCUT2D eigenvalue weighted by Gasteiger charge is -2.12. The van der Waals surface area contributed by atoms with Gasteiger partial charge in [0.1, 0.15) is 10.8 Å². The highest BCUT2D eigenvalue weighted by Crippen LogP contribution is 2.38. The zero-order chi connectivity index (χ0) is 22.0. The molecular formula is C22H20BrN3O3S2. The van der Waals surface area contributed by atoms with Crippen molar-refractivity contribution in [2.24, 2.45) is 5.73 Å². The number of carbonyl (C=O) groups is 2. The van der Waals surface area contributed by atoms with Crippen LogP contribution in [0.3, 0.4) is 0 Å². The third kappa shape index (κ3) is 4.73. The van der Waals surface area contributed by atoms with Gasteiger partial charge < -0.3 is 15.8 Å². The molecule has 0 saturated carbocycles. The fraction of sp³-hybridized carbons (Fsp3) is 0.227. The first-order chi connectivity index (χ1) is 14.9. The van der Waals surface area contributed by atoms with Gasteiger partial charge in [-0.2, -0.15) is 0 Å². The van der Waals surface area contributed by atoms with E-state index in [9.17, 15) is 9.59 Å². The molecule has 9 heteroatoms. The summed E-state index contributed by atoms with van der Waals surface area (Å²) in [6, 6.07) is 11.6. The Morgan fingerprint density at radius 2 is 1.94 bits per heavy atom. The van der Waals surface area contributed by atoms with E-state index in [0.717, 1.165) is 51.4 Å². The van der Waals surface area contributed by atoms with Crippen LogP contribution in [-0.4, -0.2) is 23.5 Å². The van der Waals surface area contributed by atoms with E-state index < -0.39 is 11.8 Å². The number of halogens is 1. The van der Waals surface area contributed by atoms with Gasteiger partial charge in [-0.15, -0.1) is 11.3 Å². The Hall–Kier alpha value is -2.49. The molecule has 2 amide bonds. The Bertz CT molecular complexity index is 1190. The van der Waals surface area contributed by atoms with Crippen LogP contribution < -0.4 is 21.1 Å². The van der Waals surface area contributed by atoms with Crippen molar-refractivity contribution in [3.63, 3.8) is 0 Å². The largest absolute Gasteiger partial charge is 0.483 e. The second-order valence-corrected chi connectivity index (χ2v) is 9.48. The lowest BCUT2D eigenvalue weighted by molar-refractivity contribution is -0.121. The number of hydrogen-bond donors (Lipinski definition) is 3. The van der Waals surface area contributed by atoms with Crippen LogP contribution in [0, 0.1) is 0 Å². The van der Waals surface area contributed by atoms with Crippen LogP contribution in [0.25, 0.3) is 10.8 Å². The van der Waals surface area contributed by atoms with Crippen LogP contribution in [-0.2, 0) is 17.6 Å². The molecule has 1 heterocycles. The quantitative estimate of drug-likeness (QED) is 0.432. The van der Waals surface area contributed by atoms with E-state index in [4.69, 9.17) is 22.7 Å². The molecule has 1 aromatic heterocycles. The number of nitrogens with one attached hydrogen (secondary N) is 2. The van der Waals surface area contributed by atoms with Gasteiger partial charge in [0.25, 0.3) is 11.8 Å². The number of ether oxygens (including phenoxy) is 1. The van der Waals surface area contributed by atoms with Crippen LogP contribution in [0.2, 0.25) is 0 Å². The lowest BCUT2D eigenvalue weighted by atomic mass is 9.95. The highest BCUT2D eigenvalue weighted by molar-refractivity contribution is 9.10. The molecule has 0 saturated heterocycles. The summed E-state index contributed by atoms with van der Waals surface area (Å²) in [6.07, 6.45) is 3.88. The summed E-state index contributed by atoms with van der Waals surface area (Å²) < 4.78 is 6.45. The molecule has 0 spiro atoms. The van der Waals surface area contributed by atoms with E-state index in [1.165, 1.54) is 11.3 Å². The Balaban J connectivity index is 1.39. The third-order valence-corrected chi connectivity index (χ3v) is 7.31. The maximum absolute atomic E-state index is 12.3. The van der Waals surface area contributed by atoms with Crippen molar-refractivity contribution in [1.29, 1.82) is 0 Å². The smallest absolute Gasteiger partial charge is 0.264 e. The second-order valence-electron chi connectivity index (χ2n) is 7.17. The molecule has 0 radical (unpaired) electrons. The van der Waals surface area contributed by atoms with E-state index in [2.05, 4.69) is 26.6 Å². The molecule has 0 atom stereocenters. The molecule has 4 rings (SSSR count). The minimum Gasteiger partial charge on any atom is -0.483 e. The zero-order valence-corrected chi connectivity index (χ0v) is 19.7. The van der Waals surface area contributed by atoms with Crippen LogP contribution in [0.5, 0.6) is 5.75 Å². The molecule has 1 aliphatic carbocycles. The molecule has 0 fully saturated rings. The highest BCUT2D eigenvalue weighted by Gasteiger charge is 2.24. The second kappa shape index (κ2) is 9.33. The standard InChI is InChI=1S/C22H20BrN3O3S2/c23-19-13-6-2-1-5-12(13)9-10-15(19)29-11-17(27)25-22(30)26-21-18(20(24)28)14-7-3-4-8-16(14)31-21/h1-2,5-6,9-10H,3-4,7-8,11H2,(H2,24,28)(H2,25,26,27,30).